The van der Waals surface area contributed by atoms with Crippen LogP contribution in [0.2, 0.25) is 0 Å². The summed E-state index contributed by atoms with van der Waals surface area (Å²) in [5.41, 5.74) is 1.10. The number of piperazine rings is 1. The molecule has 0 saturated carbocycles. The lowest BCUT2D eigenvalue weighted by molar-refractivity contribution is 0.0633. The third kappa shape index (κ3) is 3.97. The van der Waals surface area contributed by atoms with E-state index < -0.39 is 17.5 Å². The van der Waals surface area contributed by atoms with Crippen LogP contribution in [-0.4, -0.2) is 48.4 Å². The number of hydrogen-bond donors (Lipinski definition) is 0. The van der Waals surface area contributed by atoms with E-state index in [2.05, 4.69) is 17.0 Å². The quantitative estimate of drug-likeness (QED) is 0.860. The van der Waals surface area contributed by atoms with Gasteiger partial charge in [0.15, 0.2) is 0 Å². The van der Waals surface area contributed by atoms with Crippen LogP contribution in [0.3, 0.4) is 0 Å². The topological polar surface area (TPSA) is 23.6 Å². The van der Waals surface area contributed by atoms with Crippen molar-refractivity contribution in [3.63, 3.8) is 0 Å². The molecule has 24 heavy (non-hydrogen) atoms. The van der Waals surface area contributed by atoms with Crippen molar-refractivity contribution in [1.29, 1.82) is 0 Å². The molecule has 1 saturated heterocycles. The van der Waals surface area contributed by atoms with Gasteiger partial charge in [0.25, 0.3) is 5.91 Å². The average molecular weight is 330 g/mol. The van der Waals surface area contributed by atoms with Crippen LogP contribution in [0.5, 0.6) is 0 Å². The van der Waals surface area contributed by atoms with Crippen molar-refractivity contribution in [2.75, 3.05) is 32.7 Å². The third-order valence-electron chi connectivity index (χ3n) is 4.38. The van der Waals surface area contributed by atoms with E-state index in [1.165, 1.54) is 5.56 Å². The minimum absolute atomic E-state index is 0.187. The Morgan fingerprint density at radius 2 is 1.67 bits per heavy atom. The van der Waals surface area contributed by atoms with Gasteiger partial charge in [-0.25, -0.2) is 8.78 Å². The molecule has 5 heteroatoms. The van der Waals surface area contributed by atoms with E-state index >= 15 is 0 Å². The first kappa shape index (κ1) is 16.6. The molecule has 2 aromatic rings. The van der Waals surface area contributed by atoms with Gasteiger partial charge in [-0.1, -0.05) is 30.3 Å². The molecule has 1 heterocycles. The van der Waals surface area contributed by atoms with Gasteiger partial charge in [0.05, 0.1) is 5.56 Å². The second-order valence-corrected chi connectivity index (χ2v) is 5.99. The highest BCUT2D eigenvalue weighted by Gasteiger charge is 2.24. The van der Waals surface area contributed by atoms with Gasteiger partial charge in [-0.2, -0.15) is 0 Å². The van der Waals surface area contributed by atoms with E-state index in [4.69, 9.17) is 0 Å². The molecule has 0 atom stereocenters. The van der Waals surface area contributed by atoms with E-state index in [0.717, 1.165) is 44.3 Å². The fourth-order valence-corrected chi connectivity index (χ4v) is 2.94. The lowest BCUT2D eigenvalue weighted by Crippen LogP contribution is -2.49. The SMILES string of the molecule is O=C(c1cc(F)ccc1F)N1CCN(CCc2ccccc2)CC1. The van der Waals surface area contributed by atoms with E-state index in [1.807, 2.05) is 18.2 Å². The summed E-state index contributed by atoms with van der Waals surface area (Å²) in [6.07, 6.45) is 0.966. The molecular weight excluding hydrogens is 310 g/mol. The molecule has 0 aliphatic carbocycles. The van der Waals surface area contributed by atoms with Crippen molar-refractivity contribution in [2.45, 2.75) is 6.42 Å². The standard InChI is InChI=1S/C19H20F2N2O/c20-16-6-7-18(21)17(14-16)19(24)23-12-10-22(11-13-23)9-8-15-4-2-1-3-5-15/h1-7,14H,8-13H2. The number of nitrogens with zero attached hydrogens (tertiary/aromatic N) is 2. The van der Waals surface area contributed by atoms with Crippen LogP contribution in [0.25, 0.3) is 0 Å². The van der Waals surface area contributed by atoms with Crippen molar-refractivity contribution >= 4 is 5.91 Å². The molecule has 0 spiro atoms. The minimum Gasteiger partial charge on any atom is -0.336 e. The molecule has 0 unspecified atom stereocenters. The Bertz CT molecular complexity index is 698. The van der Waals surface area contributed by atoms with Gasteiger partial charge in [0.1, 0.15) is 11.6 Å². The van der Waals surface area contributed by atoms with Crippen molar-refractivity contribution in [2.24, 2.45) is 0 Å². The second-order valence-electron chi connectivity index (χ2n) is 5.99. The van der Waals surface area contributed by atoms with Gasteiger partial charge >= 0.3 is 0 Å². The van der Waals surface area contributed by atoms with E-state index in [1.54, 1.807) is 4.90 Å². The highest BCUT2D eigenvalue weighted by Crippen LogP contribution is 2.14. The van der Waals surface area contributed by atoms with Crippen LogP contribution in [0.15, 0.2) is 48.5 Å². The van der Waals surface area contributed by atoms with Gasteiger partial charge in [-0.3, -0.25) is 9.69 Å². The van der Waals surface area contributed by atoms with Crippen molar-refractivity contribution in [3.8, 4) is 0 Å². The van der Waals surface area contributed by atoms with E-state index in [0.29, 0.717) is 13.1 Å². The Hall–Kier alpha value is -2.27. The molecule has 0 bridgehead atoms. The zero-order valence-electron chi connectivity index (χ0n) is 13.4. The van der Waals surface area contributed by atoms with Gasteiger partial charge in [-0.05, 0) is 30.2 Å². The summed E-state index contributed by atoms with van der Waals surface area (Å²) in [4.78, 5) is 16.2. The molecule has 1 fully saturated rings. The van der Waals surface area contributed by atoms with Crippen LogP contribution in [0.4, 0.5) is 8.78 Å². The Kier molecular flexibility index (Phi) is 5.20. The fourth-order valence-electron chi connectivity index (χ4n) is 2.94. The third-order valence-corrected chi connectivity index (χ3v) is 4.38. The summed E-state index contributed by atoms with van der Waals surface area (Å²) in [5, 5.41) is 0. The Morgan fingerprint density at radius 3 is 2.38 bits per heavy atom. The van der Waals surface area contributed by atoms with Gasteiger partial charge in [-0.15, -0.1) is 0 Å². The van der Waals surface area contributed by atoms with Crippen LogP contribution in [0.1, 0.15) is 15.9 Å². The summed E-state index contributed by atoms with van der Waals surface area (Å²) in [6.45, 7) is 3.48. The second kappa shape index (κ2) is 7.53. The average Bonchev–Trinajstić information content (AvgIpc) is 2.63. The number of rotatable bonds is 4. The summed E-state index contributed by atoms with van der Waals surface area (Å²) in [5.74, 6) is -1.70. The van der Waals surface area contributed by atoms with E-state index in [-0.39, 0.29) is 5.56 Å². The lowest BCUT2D eigenvalue weighted by Gasteiger charge is -2.34. The van der Waals surface area contributed by atoms with Crippen LogP contribution in [0, 0.1) is 11.6 Å². The summed E-state index contributed by atoms with van der Waals surface area (Å²) >= 11 is 0. The Morgan fingerprint density at radius 1 is 0.958 bits per heavy atom. The number of amides is 1. The number of carbonyl (C=O) groups is 1. The zero-order chi connectivity index (χ0) is 16.9. The normalized spacial score (nSPS) is 15.5. The first-order chi connectivity index (χ1) is 11.6. The first-order valence-electron chi connectivity index (χ1n) is 8.14. The predicted octanol–water partition coefficient (Wildman–Crippen LogP) is 2.97. The Balaban J connectivity index is 1.53. The van der Waals surface area contributed by atoms with Crippen molar-refractivity contribution in [3.05, 3.63) is 71.3 Å². The molecule has 3 nitrogen and oxygen atoms in total. The lowest BCUT2D eigenvalue weighted by atomic mass is 10.1. The number of hydrogen-bond acceptors (Lipinski definition) is 2. The number of halogens is 2. The first-order valence-corrected chi connectivity index (χ1v) is 8.14. The summed E-state index contributed by atoms with van der Waals surface area (Å²) < 4.78 is 27.0. The molecule has 3 rings (SSSR count). The summed E-state index contributed by atoms with van der Waals surface area (Å²) in [6, 6.07) is 13.3. The number of carbonyl (C=O) groups excluding carboxylic acids is 1. The smallest absolute Gasteiger partial charge is 0.257 e. The number of benzene rings is 2. The van der Waals surface area contributed by atoms with Gasteiger partial charge < -0.3 is 4.90 Å². The molecular formula is C19H20F2N2O. The molecule has 1 aliphatic heterocycles. The minimum atomic E-state index is -0.673. The summed E-state index contributed by atoms with van der Waals surface area (Å²) in [7, 11) is 0. The monoisotopic (exact) mass is 330 g/mol. The van der Waals surface area contributed by atoms with Crippen LogP contribution >= 0.6 is 0 Å². The maximum Gasteiger partial charge on any atom is 0.257 e. The molecule has 1 aliphatic rings. The van der Waals surface area contributed by atoms with Crippen LogP contribution < -0.4 is 0 Å². The largest absolute Gasteiger partial charge is 0.336 e. The maximum absolute atomic E-state index is 13.7. The zero-order valence-corrected chi connectivity index (χ0v) is 13.4. The molecule has 0 N–H and O–H groups in total. The van der Waals surface area contributed by atoms with E-state index in [9.17, 15) is 13.6 Å². The van der Waals surface area contributed by atoms with Crippen molar-refractivity contribution in [1.82, 2.24) is 9.80 Å². The molecule has 0 aromatic heterocycles. The predicted molar refractivity (Wildman–Crippen MR) is 88.8 cm³/mol. The van der Waals surface area contributed by atoms with Crippen molar-refractivity contribution < 1.29 is 13.6 Å². The highest BCUT2D eigenvalue weighted by atomic mass is 19.1. The maximum atomic E-state index is 13.7. The molecule has 0 radical (unpaired) electrons. The Labute approximate surface area is 140 Å². The molecule has 1 amide bonds. The molecule has 2 aromatic carbocycles. The fraction of sp³-hybridized carbons (Fsp3) is 0.316. The molecule has 126 valence electrons. The van der Waals surface area contributed by atoms with Crippen LogP contribution in [-0.2, 0) is 6.42 Å². The van der Waals surface area contributed by atoms with Gasteiger partial charge in [0, 0.05) is 32.7 Å². The van der Waals surface area contributed by atoms with Gasteiger partial charge in [0.2, 0.25) is 0 Å². The highest BCUT2D eigenvalue weighted by molar-refractivity contribution is 5.94.